The number of hydrogen-bond acceptors (Lipinski definition) is 7. The van der Waals surface area contributed by atoms with Gasteiger partial charge in [0.15, 0.2) is 0 Å². The summed E-state index contributed by atoms with van der Waals surface area (Å²) >= 11 is 0. The number of hydrogen-bond donors (Lipinski definition) is 6. The SMILES string of the molecule is NCCCCC(N)C(=O)N1CCCC1C(=O)NC(CCC(N)=O)C(=O)NC(Cc1ccccc1)C(=O)O. The summed E-state index contributed by atoms with van der Waals surface area (Å²) in [5.41, 5.74) is 17.5. The van der Waals surface area contributed by atoms with Gasteiger partial charge in [0.1, 0.15) is 18.1 Å². The van der Waals surface area contributed by atoms with Crippen LogP contribution in [-0.4, -0.2) is 76.9 Å². The fraction of sp³-hybridized carbons (Fsp3) is 0.560. The summed E-state index contributed by atoms with van der Waals surface area (Å²) < 4.78 is 0. The molecule has 4 atom stereocenters. The Morgan fingerprint density at radius 2 is 1.73 bits per heavy atom. The van der Waals surface area contributed by atoms with Gasteiger partial charge in [-0.25, -0.2) is 4.79 Å². The van der Waals surface area contributed by atoms with Crippen LogP contribution in [0.3, 0.4) is 0 Å². The van der Waals surface area contributed by atoms with Crippen molar-refractivity contribution >= 4 is 29.6 Å². The average molecular weight is 519 g/mol. The number of primary amides is 1. The Morgan fingerprint density at radius 3 is 2.35 bits per heavy atom. The quantitative estimate of drug-likeness (QED) is 0.158. The van der Waals surface area contributed by atoms with E-state index in [-0.39, 0.29) is 25.2 Å². The summed E-state index contributed by atoms with van der Waals surface area (Å²) in [6.07, 6.45) is 2.57. The number of rotatable bonds is 15. The molecule has 0 saturated carbocycles. The van der Waals surface area contributed by atoms with Crippen molar-refractivity contribution in [2.24, 2.45) is 17.2 Å². The molecular weight excluding hydrogens is 480 g/mol. The Hall–Kier alpha value is -3.51. The van der Waals surface area contributed by atoms with Crippen LogP contribution in [0.15, 0.2) is 30.3 Å². The molecule has 37 heavy (non-hydrogen) atoms. The number of carboxylic acids is 1. The highest BCUT2D eigenvalue weighted by Gasteiger charge is 2.37. The summed E-state index contributed by atoms with van der Waals surface area (Å²) in [5.74, 6) is -3.59. The largest absolute Gasteiger partial charge is 0.480 e. The zero-order chi connectivity index (χ0) is 27.4. The summed E-state index contributed by atoms with van der Waals surface area (Å²) in [6, 6.07) is 4.72. The van der Waals surface area contributed by atoms with Crippen LogP contribution in [-0.2, 0) is 30.4 Å². The first-order chi connectivity index (χ1) is 17.6. The highest BCUT2D eigenvalue weighted by atomic mass is 16.4. The Labute approximate surface area is 216 Å². The first-order valence-electron chi connectivity index (χ1n) is 12.6. The number of likely N-dealkylation sites (tertiary alicyclic amines) is 1. The molecule has 0 radical (unpaired) electrons. The van der Waals surface area contributed by atoms with E-state index in [9.17, 15) is 29.1 Å². The van der Waals surface area contributed by atoms with E-state index in [1.165, 1.54) is 4.90 Å². The maximum atomic E-state index is 13.1. The molecule has 12 nitrogen and oxygen atoms in total. The number of nitrogens with zero attached hydrogens (tertiary/aromatic N) is 1. The third kappa shape index (κ3) is 9.47. The minimum atomic E-state index is -1.25. The number of nitrogens with one attached hydrogen (secondary N) is 2. The molecular formula is C25H38N6O6. The molecule has 4 amide bonds. The third-order valence-corrected chi connectivity index (χ3v) is 6.33. The van der Waals surface area contributed by atoms with Crippen LogP contribution in [0.2, 0.25) is 0 Å². The standard InChI is InChI=1S/C25H38N6O6/c26-13-5-4-9-17(27)24(35)31-14-6-10-20(31)23(34)29-18(11-12-21(28)32)22(33)30-19(25(36)37)15-16-7-2-1-3-8-16/h1-3,7-8,17-20H,4-6,9-15,26-27H2,(H2,28,32)(H,29,34)(H,30,33)(H,36,37). The second-order valence-corrected chi connectivity index (χ2v) is 9.24. The summed E-state index contributed by atoms with van der Waals surface area (Å²) in [6.45, 7) is 0.857. The summed E-state index contributed by atoms with van der Waals surface area (Å²) in [7, 11) is 0. The van der Waals surface area contributed by atoms with E-state index in [2.05, 4.69) is 10.6 Å². The number of carboxylic acid groups (broad SMARTS) is 1. The number of unbranched alkanes of at least 4 members (excludes halogenated alkanes) is 1. The molecule has 9 N–H and O–H groups in total. The van der Waals surface area contributed by atoms with Gasteiger partial charge in [0.05, 0.1) is 6.04 Å². The van der Waals surface area contributed by atoms with Crippen LogP contribution in [0.1, 0.15) is 50.5 Å². The van der Waals surface area contributed by atoms with E-state index >= 15 is 0 Å². The molecule has 2 rings (SSSR count). The monoisotopic (exact) mass is 518 g/mol. The molecule has 1 fully saturated rings. The minimum Gasteiger partial charge on any atom is -0.480 e. The Bertz CT molecular complexity index is 943. The number of carbonyl (C=O) groups excluding carboxylic acids is 4. The van der Waals surface area contributed by atoms with E-state index < -0.39 is 47.9 Å². The first-order valence-corrected chi connectivity index (χ1v) is 12.6. The molecule has 1 aromatic carbocycles. The molecule has 4 unspecified atom stereocenters. The molecule has 1 aliphatic heterocycles. The molecule has 1 heterocycles. The van der Waals surface area contributed by atoms with Gasteiger partial charge in [0.2, 0.25) is 23.6 Å². The number of benzene rings is 1. The van der Waals surface area contributed by atoms with E-state index in [0.29, 0.717) is 44.3 Å². The van der Waals surface area contributed by atoms with Gasteiger partial charge in [-0.3, -0.25) is 19.2 Å². The van der Waals surface area contributed by atoms with Gasteiger partial charge in [-0.2, -0.15) is 0 Å². The van der Waals surface area contributed by atoms with E-state index in [0.717, 1.165) is 6.42 Å². The normalized spacial score (nSPS) is 17.5. The van der Waals surface area contributed by atoms with Gasteiger partial charge in [0, 0.05) is 19.4 Å². The average Bonchev–Trinajstić information content (AvgIpc) is 3.36. The smallest absolute Gasteiger partial charge is 0.326 e. The van der Waals surface area contributed by atoms with Crippen LogP contribution in [0.4, 0.5) is 0 Å². The second kappa shape index (κ2) is 14.9. The highest BCUT2D eigenvalue weighted by molar-refractivity contribution is 5.94. The summed E-state index contributed by atoms with van der Waals surface area (Å²) in [4.78, 5) is 63.6. The molecule has 1 saturated heterocycles. The van der Waals surface area contributed by atoms with Crippen molar-refractivity contribution in [2.75, 3.05) is 13.1 Å². The number of amides is 4. The Balaban J connectivity index is 2.09. The van der Waals surface area contributed by atoms with Crippen LogP contribution < -0.4 is 27.8 Å². The molecule has 1 aliphatic rings. The van der Waals surface area contributed by atoms with Crippen molar-refractivity contribution in [3.05, 3.63) is 35.9 Å². The predicted molar refractivity (Wildman–Crippen MR) is 136 cm³/mol. The van der Waals surface area contributed by atoms with Gasteiger partial charge in [-0.15, -0.1) is 0 Å². The maximum absolute atomic E-state index is 13.1. The zero-order valence-corrected chi connectivity index (χ0v) is 20.9. The molecule has 0 aliphatic carbocycles. The van der Waals surface area contributed by atoms with Crippen LogP contribution in [0, 0.1) is 0 Å². The fourth-order valence-electron chi connectivity index (χ4n) is 4.29. The van der Waals surface area contributed by atoms with E-state index in [4.69, 9.17) is 17.2 Å². The van der Waals surface area contributed by atoms with Crippen molar-refractivity contribution in [3.8, 4) is 0 Å². The van der Waals surface area contributed by atoms with Crippen molar-refractivity contribution in [2.45, 2.75) is 75.5 Å². The lowest BCUT2D eigenvalue weighted by atomic mass is 10.0. The highest BCUT2D eigenvalue weighted by Crippen LogP contribution is 2.20. The molecule has 0 spiro atoms. The number of carbonyl (C=O) groups is 5. The lowest BCUT2D eigenvalue weighted by Crippen LogP contribution is -2.57. The van der Waals surface area contributed by atoms with Crippen molar-refractivity contribution in [1.82, 2.24) is 15.5 Å². The predicted octanol–water partition coefficient (Wildman–Crippen LogP) is -1.00. The van der Waals surface area contributed by atoms with Gasteiger partial charge >= 0.3 is 5.97 Å². The van der Waals surface area contributed by atoms with Gasteiger partial charge in [-0.1, -0.05) is 36.8 Å². The fourth-order valence-corrected chi connectivity index (χ4v) is 4.29. The van der Waals surface area contributed by atoms with Crippen LogP contribution >= 0.6 is 0 Å². The first kappa shape index (κ1) is 29.7. The summed E-state index contributed by atoms with van der Waals surface area (Å²) in [5, 5.41) is 14.7. The molecule has 204 valence electrons. The van der Waals surface area contributed by atoms with Crippen molar-refractivity contribution in [1.29, 1.82) is 0 Å². The van der Waals surface area contributed by atoms with Crippen molar-refractivity contribution in [3.63, 3.8) is 0 Å². The van der Waals surface area contributed by atoms with Crippen LogP contribution in [0.5, 0.6) is 0 Å². The number of aliphatic carboxylic acids is 1. The topological polar surface area (TPSA) is 211 Å². The molecule has 12 heteroatoms. The third-order valence-electron chi connectivity index (χ3n) is 6.33. The van der Waals surface area contributed by atoms with Gasteiger partial charge in [-0.05, 0) is 44.2 Å². The molecule has 0 aromatic heterocycles. The second-order valence-electron chi connectivity index (χ2n) is 9.24. The molecule has 0 bridgehead atoms. The number of nitrogens with two attached hydrogens (primary N) is 3. The lowest BCUT2D eigenvalue weighted by molar-refractivity contribution is -0.143. The van der Waals surface area contributed by atoms with Crippen molar-refractivity contribution < 1.29 is 29.1 Å². The van der Waals surface area contributed by atoms with Gasteiger partial charge in [0.25, 0.3) is 0 Å². The van der Waals surface area contributed by atoms with E-state index in [1.807, 2.05) is 0 Å². The Kier molecular flexibility index (Phi) is 12.0. The Morgan fingerprint density at radius 1 is 1.03 bits per heavy atom. The lowest BCUT2D eigenvalue weighted by Gasteiger charge is -2.28. The van der Waals surface area contributed by atoms with E-state index in [1.54, 1.807) is 30.3 Å². The maximum Gasteiger partial charge on any atom is 0.326 e. The van der Waals surface area contributed by atoms with Crippen LogP contribution in [0.25, 0.3) is 0 Å². The van der Waals surface area contributed by atoms with Gasteiger partial charge < -0.3 is 37.8 Å². The minimum absolute atomic E-state index is 0.0331. The molecule has 1 aromatic rings. The zero-order valence-electron chi connectivity index (χ0n) is 20.9.